The van der Waals surface area contributed by atoms with Gasteiger partial charge in [0.25, 0.3) is 0 Å². The van der Waals surface area contributed by atoms with Gasteiger partial charge in [-0.25, -0.2) is 4.79 Å². The normalized spacial score (nSPS) is 30.7. The van der Waals surface area contributed by atoms with Gasteiger partial charge in [-0.3, -0.25) is 4.57 Å². The van der Waals surface area contributed by atoms with Crippen LogP contribution in [0.15, 0.2) is 17.1 Å². The molecule has 3 atom stereocenters. The van der Waals surface area contributed by atoms with Gasteiger partial charge in [-0.2, -0.15) is 4.98 Å². The zero-order chi connectivity index (χ0) is 15.7. The summed E-state index contributed by atoms with van der Waals surface area (Å²) in [5.74, 6) is 2.32. The van der Waals surface area contributed by atoms with Crippen LogP contribution >= 0.6 is 27.4 Å². The molecule has 0 aliphatic carbocycles. The van der Waals surface area contributed by atoms with E-state index in [1.54, 1.807) is 35.0 Å². The molecule has 0 aromatic carbocycles. The zero-order valence-electron chi connectivity index (χ0n) is 12.1. The number of nitrogens with two attached hydrogens (primary N) is 1. The molecule has 3 rings (SSSR count). The van der Waals surface area contributed by atoms with E-state index < -0.39 is 10.4 Å². The second kappa shape index (κ2) is 6.83. The summed E-state index contributed by atoms with van der Waals surface area (Å²) in [7, 11) is 0. The van der Waals surface area contributed by atoms with Gasteiger partial charge in [0.2, 0.25) is 0 Å². The van der Waals surface area contributed by atoms with Crippen molar-refractivity contribution < 1.29 is 9.26 Å². The first-order chi connectivity index (χ1) is 10.5. The first-order valence-electron chi connectivity index (χ1n) is 7.08. The van der Waals surface area contributed by atoms with Crippen molar-refractivity contribution in [3.63, 3.8) is 0 Å². The second-order valence-electron chi connectivity index (χ2n) is 5.07. The maximum absolute atomic E-state index is 12.0. The summed E-state index contributed by atoms with van der Waals surface area (Å²) in [6.45, 7) is 2.05. The lowest BCUT2D eigenvalue weighted by Gasteiger charge is -2.22. The lowest BCUT2D eigenvalue weighted by Crippen LogP contribution is -2.27. The minimum absolute atomic E-state index is 0.0453. The Balaban J connectivity index is 1.76. The van der Waals surface area contributed by atoms with Crippen molar-refractivity contribution in [3.8, 4) is 0 Å². The van der Waals surface area contributed by atoms with Gasteiger partial charge in [-0.15, -0.1) is 0 Å². The van der Waals surface area contributed by atoms with Crippen molar-refractivity contribution in [2.75, 3.05) is 17.2 Å². The van der Waals surface area contributed by atoms with E-state index in [2.05, 4.69) is 11.9 Å². The van der Waals surface area contributed by atoms with Gasteiger partial charge in [0, 0.05) is 24.1 Å². The zero-order valence-corrected chi connectivity index (χ0v) is 15.4. The molecule has 0 bridgehead atoms. The summed E-state index contributed by atoms with van der Waals surface area (Å²) in [6.07, 6.45) is 2.59. The standard InChI is InChI=1S/C12H18N3O3PS3/c1-2-8-9(18-19(20)21-5-6-22-19)7-11(17-8)15-4-3-10(13)14-12(15)16/h3-4,8-9,11H,2,5-7H2,1H3,(H2,13,14,16)/t8-,9+,11-/m1/s1. The van der Waals surface area contributed by atoms with E-state index in [0.29, 0.717) is 6.42 Å². The summed E-state index contributed by atoms with van der Waals surface area (Å²) < 4.78 is 11.9. The molecule has 0 radical (unpaired) electrons. The number of hydrogen-bond donors (Lipinski definition) is 1. The molecule has 122 valence electrons. The monoisotopic (exact) mass is 379 g/mol. The van der Waals surface area contributed by atoms with Crippen molar-refractivity contribution in [2.45, 2.75) is 38.2 Å². The van der Waals surface area contributed by atoms with Crippen molar-refractivity contribution >= 4 is 45.1 Å². The van der Waals surface area contributed by atoms with Crippen molar-refractivity contribution in [1.82, 2.24) is 9.55 Å². The van der Waals surface area contributed by atoms with Gasteiger partial charge in [-0.1, -0.05) is 29.7 Å². The first kappa shape index (κ1) is 16.8. The average molecular weight is 379 g/mol. The van der Waals surface area contributed by atoms with Gasteiger partial charge in [0.15, 0.2) is 4.67 Å². The van der Waals surface area contributed by atoms with Gasteiger partial charge in [0.05, 0.1) is 12.2 Å². The van der Waals surface area contributed by atoms with Crippen LogP contribution in [0.3, 0.4) is 0 Å². The summed E-state index contributed by atoms with van der Waals surface area (Å²) in [5, 5.41) is 0. The minimum atomic E-state index is -1.84. The molecule has 6 nitrogen and oxygen atoms in total. The summed E-state index contributed by atoms with van der Waals surface area (Å²) in [4.78, 5) is 15.7. The van der Waals surface area contributed by atoms with Crippen LogP contribution < -0.4 is 11.4 Å². The van der Waals surface area contributed by atoms with Crippen LogP contribution in [0.4, 0.5) is 5.82 Å². The number of nitrogen functional groups attached to an aromatic ring is 1. The maximum atomic E-state index is 12.0. The van der Waals surface area contributed by atoms with Crippen LogP contribution in [0.2, 0.25) is 0 Å². The number of nitrogens with zero attached hydrogens (tertiary/aromatic N) is 2. The molecule has 1 aromatic rings. The van der Waals surface area contributed by atoms with Gasteiger partial charge >= 0.3 is 5.69 Å². The first-order valence-corrected chi connectivity index (χ1v) is 13.0. The SMILES string of the molecule is CC[C@H]1O[C@@H](n2ccc(N)nc2=O)C[C@@H]1OP1(=S)SCCS1. The molecular weight excluding hydrogens is 361 g/mol. The number of rotatable bonds is 4. The molecule has 1 aromatic heterocycles. The highest BCUT2D eigenvalue weighted by Crippen LogP contribution is 2.75. The Labute approximate surface area is 142 Å². The fraction of sp³-hybridized carbons (Fsp3) is 0.667. The van der Waals surface area contributed by atoms with Crippen LogP contribution in [0, 0.1) is 0 Å². The Morgan fingerprint density at radius 2 is 2.32 bits per heavy atom. The van der Waals surface area contributed by atoms with E-state index in [0.717, 1.165) is 17.9 Å². The van der Waals surface area contributed by atoms with Crippen LogP contribution in [0.1, 0.15) is 26.0 Å². The molecule has 0 amide bonds. The lowest BCUT2D eigenvalue weighted by atomic mass is 10.1. The minimum Gasteiger partial charge on any atom is -0.383 e. The molecule has 0 saturated carbocycles. The molecule has 3 heterocycles. The summed E-state index contributed by atoms with van der Waals surface area (Å²) >= 11 is 9.18. The average Bonchev–Trinajstić information content (AvgIpc) is 3.06. The predicted octanol–water partition coefficient (Wildman–Crippen LogP) is 2.61. The summed E-state index contributed by atoms with van der Waals surface area (Å²) in [6, 6.07) is 1.60. The highest BCUT2D eigenvalue weighted by Gasteiger charge is 2.40. The van der Waals surface area contributed by atoms with Crippen molar-refractivity contribution in [2.24, 2.45) is 0 Å². The van der Waals surface area contributed by atoms with Gasteiger partial charge in [0.1, 0.15) is 12.0 Å². The topological polar surface area (TPSA) is 79.4 Å². The van der Waals surface area contributed by atoms with E-state index in [9.17, 15) is 4.79 Å². The maximum Gasteiger partial charge on any atom is 0.351 e. The van der Waals surface area contributed by atoms with Crippen molar-refractivity contribution in [3.05, 3.63) is 22.7 Å². The van der Waals surface area contributed by atoms with E-state index in [-0.39, 0.29) is 24.3 Å². The van der Waals surface area contributed by atoms with Crippen molar-refractivity contribution in [1.29, 1.82) is 0 Å². The molecule has 10 heteroatoms. The van der Waals surface area contributed by atoms with Crippen LogP contribution in [0.5, 0.6) is 0 Å². The van der Waals surface area contributed by atoms with E-state index in [4.69, 9.17) is 26.8 Å². The third-order valence-electron chi connectivity index (χ3n) is 3.59. The van der Waals surface area contributed by atoms with Crippen LogP contribution in [-0.2, 0) is 21.1 Å². The quantitative estimate of drug-likeness (QED) is 0.800. The largest absolute Gasteiger partial charge is 0.383 e. The third-order valence-corrected chi connectivity index (χ3v) is 13.3. The van der Waals surface area contributed by atoms with E-state index in [1.165, 1.54) is 4.57 Å². The van der Waals surface area contributed by atoms with Crippen LogP contribution in [0.25, 0.3) is 0 Å². The highest BCUT2D eigenvalue weighted by atomic mass is 33.2. The fourth-order valence-corrected chi connectivity index (χ4v) is 12.0. The smallest absolute Gasteiger partial charge is 0.351 e. The highest BCUT2D eigenvalue weighted by molar-refractivity contribution is 9.00. The summed E-state index contributed by atoms with van der Waals surface area (Å²) in [5.41, 5.74) is 5.13. The van der Waals surface area contributed by atoms with E-state index >= 15 is 0 Å². The Morgan fingerprint density at radius 3 is 2.95 bits per heavy atom. The number of aromatic nitrogens is 2. The molecule has 0 unspecified atom stereocenters. The molecule has 2 aliphatic heterocycles. The van der Waals surface area contributed by atoms with E-state index in [1.807, 2.05) is 0 Å². The Kier molecular flexibility index (Phi) is 5.21. The molecule has 2 fully saturated rings. The predicted molar refractivity (Wildman–Crippen MR) is 95.8 cm³/mol. The van der Waals surface area contributed by atoms with Crippen LogP contribution in [-0.4, -0.2) is 33.3 Å². The molecule has 2 saturated heterocycles. The molecule has 2 N–H and O–H groups in total. The van der Waals surface area contributed by atoms with Gasteiger partial charge in [-0.05, 0) is 24.3 Å². The van der Waals surface area contributed by atoms with Gasteiger partial charge < -0.3 is 15.0 Å². The Hall–Kier alpha value is -0.0500. The Morgan fingerprint density at radius 1 is 1.59 bits per heavy atom. The number of hydrogen-bond acceptors (Lipinski definition) is 8. The second-order valence-corrected chi connectivity index (χ2v) is 15.8. The molecule has 22 heavy (non-hydrogen) atoms. The molecule has 0 spiro atoms. The lowest BCUT2D eigenvalue weighted by molar-refractivity contribution is -0.0162. The Bertz CT molecular complexity index is 646. The molecular formula is C12H18N3O3PS3. The fourth-order valence-electron chi connectivity index (χ4n) is 2.55. The molecule has 2 aliphatic rings. The number of ether oxygens (including phenoxy) is 1. The third kappa shape index (κ3) is 3.55. The number of anilines is 1.